The molecular formula is C98H135N19O19. The van der Waals surface area contributed by atoms with Gasteiger partial charge in [0.25, 0.3) is 17.7 Å². The highest BCUT2D eigenvalue weighted by Gasteiger charge is 2.53. The highest BCUT2D eigenvalue weighted by atomic mass is 16.6. The first-order valence-corrected chi connectivity index (χ1v) is 47.7. The van der Waals surface area contributed by atoms with Crippen molar-refractivity contribution in [1.29, 1.82) is 0 Å². The second kappa shape index (κ2) is 49.4. The van der Waals surface area contributed by atoms with Crippen LogP contribution < -0.4 is 21.7 Å². The number of rotatable bonds is 34. The summed E-state index contributed by atoms with van der Waals surface area (Å²) in [4.78, 5) is 114. The lowest BCUT2D eigenvalue weighted by Crippen LogP contribution is -2.61. The molecule has 5 aliphatic rings. The topological polar surface area (TPSA) is 477 Å². The molecule has 0 radical (unpaired) electrons. The van der Waals surface area contributed by atoms with Gasteiger partial charge in [0, 0.05) is 139 Å². The Morgan fingerprint density at radius 2 is 1.52 bits per heavy atom. The van der Waals surface area contributed by atoms with E-state index in [0.29, 0.717) is 195 Å². The number of piperidine rings is 1. The van der Waals surface area contributed by atoms with Crippen molar-refractivity contribution in [3.8, 4) is 33.6 Å². The number of unbranched alkanes of at least 4 members (excludes halogenated alkanes) is 1. The summed E-state index contributed by atoms with van der Waals surface area (Å²) in [5.74, 6) is -7.76. The highest BCUT2D eigenvalue weighted by Crippen LogP contribution is 2.43. The number of nitrogen functional groups attached to an aromatic ring is 2. The number of amides is 2. The number of aliphatic hydroxyl groups is 3. The van der Waals surface area contributed by atoms with Gasteiger partial charge in [-0.2, -0.15) is 10.1 Å². The van der Waals surface area contributed by atoms with Crippen LogP contribution in [-0.2, 0) is 91.0 Å². The van der Waals surface area contributed by atoms with E-state index in [1.54, 1.807) is 62.7 Å². The number of esters is 1. The molecule has 4 fully saturated rings. The Morgan fingerprint density at radius 1 is 0.757 bits per heavy atom. The van der Waals surface area contributed by atoms with E-state index in [1.165, 1.54) is 18.3 Å². The number of aryl methyl sites for hydroxylation is 1. The zero-order chi connectivity index (χ0) is 96.5. The Labute approximate surface area is 793 Å². The number of nitrogens with two attached hydrogens (primary N) is 2. The summed E-state index contributed by atoms with van der Waals surface area (Å²) in [6, 6.07) is 12.0. The molecule has 6 aromatic heterocycles. The number of benzene rings is 2. The number of nitrogens with one attached hydrogen (secondary N) is 1. The van der Waals surface area contributed by atoms with Crippen LogP contribution in [0.4, 0.5) is 17.8 Å². The number of hydrogen-bond acceptors (Lipinski definition) is 33. The van der Waals surface area contributed by atoms with Crippen LogP contribution in [0.5, 0.6) is 0 Å². The van der Waals surface area contributed by atoms with Crippen molar-refractivity contribution in [2.75, 3.05) is 130 Å². The normalized spacial score (nSPS) is 26.9. The maximum atomic E-state index is 15.0. The number of carbonyl (C=O) groups is 6. The number of carbonyl (C=O) groups excluding carboxylic acids is 6. The summed E-state index contributed by atoms with van der Waals surface area (Å²) in [6.45, 7) is 19.4. The number of ether oxygens (including phenoxy) is 9. The van der Waals surface area contributed by atoms with Crippen molar-refractivity contribution < 1.29 is 91.1 Å². The van der Waals surface area contributed by atoms with Crippen LogP contribution >= 0.6 is 0 Å². The number of ketones is 3. The lowest BCUT2D eigenvalue weighted by molar-refractivity contribution is -0.265. The quantitative estimate of drug-likeness (QED) is 0.00946. The Morgan fingerprint density at radius 3 is 2.28 bits per heavy atom. The van der Waals surface area contributed by atoms with E-state index in [1.807, 2.05) is 112 Å². The maximum absolute atomic E-state index is 15.0. The zero-order valence-electron chi connectivity index (χ0n) is 79.9. The number of fused-ring (bicyclic) bond motifs is 5. The molecule has 10 heterocycles. The first-order chi connectivity index (χ1) is 65.7. The fourth-order valence-corrected chi connectivity index (χ4v) is 19.0. The van der Waals surface area contributed by atoms with Crippen molar-refractivity contribution in [2.45, 2.75) is 225 Å². The molecule has 3 saturated heterocycles. The molecule has 16 atom stereocenters. The maximum Gasteiger partial charge on any atom is 0.329 e. The monoisotopic (exact) mass is 1880 g/mol. The van der Waals surface area contributed by atoms with Crippen molar-refractivity contribution in [1.82, 2.24) is 79.8 Å². The van der Waals surface area contributed by atoms with E-state index in [2.05, 4.69) is 56.8 Å². The molecule has 8 N–H and O–H groups in total. The molecule has 38 heteroatoms. The summed E-state index contributed by atoms with van der Waals surface area (Å²) >= 11 is 0. The predicted octanol–water partition coefficient (Wildman–Crippen LogP) is 9.22. The van der Waals surface area contributed by atoms with Gasteiger partial charge in [-0.15, -0.1) is 10.2 Å². The number of aromatic nitrogens is 13. The molecule has 136 heavy (non-hydrogen) atoms. The summed E-state index contributed by atoms with van der Waals surface area (Å²) in [7, 11) is 4.64. The molecular weight excluding hydrogens is 1750 g/mol. The van der Waals surface area contributed by atoms with Crippen molar-refractivity contribution in [3.63, 3.8) is 0 Å². The van der Waals surface area contributed by atoms with E-state index in [0.717, 1.165) is 52.1 Å². The van der Waals surface area contributed by atoms with E-state index in [-0.39, 0.29) is 99.0 Å². The fraction of sp³-hybridized carbons (Fsp3) is 0.592. The third kappa shape index (κ3) is 26.5. The first kappa shape index (κ1) is 103. The fourth-order valence-electron chi connectivity index (χ4n) is 19.0. The minimum absolute atomic E-state index is 0.0202. The molecule has 0 spiro atoms. The molecule has 13 rings (SSSR count). The van der Waals surface area contributed by atoms with Gasteiger partial charge in [0.2, 0.25) is 17.6 Å². The van der Waals surface area contributed by atoms with Crippen molar-refractivity contribution in [3.05, 3.63) is 127 Å². The molecule has 1 saturated carbocycles. The summed E-state index contributed by atoms with van der Waals surface area (Å²) in [5, 5.41) is 61.0. The average molecular weight is 1880 g/mol. The van der Waals surface area contributed by atoms with Gasteiger partial charge >= 0.3 is 5.97 Å². The zero-order valence-corrected chi connectivity index (χ0v) is 79.9. The number of hydrogen-bond donors (Lipinski definition) is 6. The van der Waals surface area contributed by atoms with E-state index in [9.17, 15) is 44.1 Å². The smallest absolute Gasteiger partial charge is 0.329 e. The van der Waals surface area contributed by atoms with Gasteiger partial charge in [-0.25, -0.2) is 38.8 Å². The third-order valence-corrected chi connectivity index (χ3v) is 27.0. The van der Waals surface area contributed by atoms with Crippen LogP contribution in [-0.4, -0.2) is 293 Å². The minimum atomic E-state index is -2.49. The Balaban J connectivity index is 0.540. The van der Waals surface area contributed by atoms with Crippen molar-refractivity contribution >= 4 is 75.0 Å². The van der Waals surface area contributed by atoms with Crippen LogP contribution in [0.2, 0.25) is 0 Å². The summed E-state index contributed by atoms with van der Waals surface area (Å²) in [5.41, 5.74) is 20.6. The summed E-state index contributed by atoms with van der Waals surface area (Å²) in [6.07, 6.45) is 21.6. The van der Waals surface area contributed by atoms with Crippen LogP contribution in [0.25, 0.3) is 55.8 Å². The Bertz CT molecular complexity index is 5420. The van der Waals surface area contributed by atoms with Crippen LogP contribution in [0.15, 0.2) is 126 Å². The van der Waals surface area contributed by atoms with Gasteiger partial charge in [0.05, 0.1) is 119 Å². The SMILES string of the molecule is CO[C@H]1C[C@@H]2CC[C@@H](C)[C@@](O)(O2)C(=O)C(=O)N2CCCC[C@H]2C(=O)O[C@H]([C@H](C)C[C@@H]2CC[C@H](n3nncc3-c3cccc(-c4cnc(N5CCN(Cc6cn(CCOCCOCCOCCOCCC(=O)NCCCCn7nc(-c8ccc9oc(N)nc9c8)c8c(N)ncnc87)nn6)C(CO)C5)nc4)c3)[C@H](OC)C2)CC(=O)[C@H](C)/C=C(\C)[C@@H](O)[C@@H](OC)C(=O)[C@H](C)C[C@H](C)/C=C/C=C/C=C/1C. The van der Waals surface area contributed by atoms with Crippen LogP contribution in [0, 0.1) is 35.5 Å². The second-order valence-corrected chi connectivity index (χ2v) is 36.8. The molecule has 736 valence electrons. The predicted molar refractivity (Wildman–Crippen MR) is 505 cm³/mol. The number of methoxy groups -OCH3 is 3. The molecule has 8 aromatic rings. The third-order valence-electron chi connectivity index (χ3n) is 27.0. The first-order valence-electron chi connectivity index (χ1n) is 47.7. The highest BCUT2D eigenvalue weighted by molar-refractivity contribution is 6.39. The number of nitrogens with zero attached hydrogens (tertiary/aromatic N) is 16. The van der Waals surface area contributed by atoms with Gasteiger partial charge in [-0.3, -0.25) is 28.9 Å². The van der Waals surface area contributed by atoms with E-state index in [4.69, 9.17) is 73.6 Å². The average Bonchev–Trinajstić information content (AvgIpc) is 0.886. The lowest BCUT2D eigenvalue weighted by Gasteiger charge is -2.42. The molecule has 1 aliphatic carbocycles. The van der Waals surface area contributed by atoms with Crippen LogP contribution in [0.1, 0.15) is 157 Å². The van der Waals surface area contributed by atoms with Crippen molar-refractivity contribution in [2.24, 2.45) is 35.5 Å². The Hall–Kier alpha value is -10.9. The van der Waals surface area contributed by atoms with E-state index < -0.39 is 83.7 Å². The van der Waals surface area contributed by atoms with Gasteiger partial charge in [0.1, 0.15) is 53.5 Å². The number of cyclic esters (lactones) is 1. The van der Waals surface area contributed by atoms with Gasteiger partial charge in [-0.05, 0) is 150 Å². The number of Topliss-reactive ketones (excluding diaryl/α,β-unsaturated/α-hetero) is 3. The Kier molecular flexibility index (Phi) is 37.3. The largest absolute Gasteiger partial charge is 0.460 e. The molecule has 2 aromatic carbocycles. The molecule has 2 amide bonds. The number of aliphatic hydroxyl groups excluding tert-OH is 2. The van der Waals surface area contributed by atoms with Crippen LogP contribution in [0.3, 0.4) is 0 Å². The number of allylic oxidation sites excluding steroid dienone is 6. The molecule has 4 aliphatic heterocycles. The number of piperazine rings is 1. The molecule has 38 nitrogen and oxygen atoms in total. The molecule has 1 unspecified atom stereocenters. The van der Waals surface area contributed by atoms with Gasteiger partial charge in [-0.1, -0.05) is 99.7 Å². The second-order valence-electron chi connectivity index (χ2n) is 36.8. The number of oxazole rings is 1. The molecule has 2 bridgehead atoms. The lowest BCUT2D eigenvalue weighted by atomic mass is 9.77. The minimum Gasteiger partial charge on any atom is -0.460 e. The van der Waals surface area contributed by atoms with Gasteiger partial charge in [0.15, 0.2) is 17.0 Å². The summed E-state index contributed by atoms with van der Waals surface area (Å²) < 4.78 is 64.4. The number of anilines is 3. The van der Waals surface area contributed by atoms with E-state index >= 15 is 0 Å². The standard InChI is InChI=1S/C98H135N19O19/c1-61-19-12-11-13-20-62(2)82(127-8)51-75-27-24-67(7)98(126,136-75)91(123)94(124)115-32-16-14-23-78(115)95(125)134-83(52-80(119)63(3)46-66(6)89(122)90(129-10)88(121)65(5)45-61)64(4)47-68-25-28-77(84(48-68)128-9)117-79(55-106-110-117)70-22-18-21-69(49-70)72-53-102-97(103-54-72)113-35-34-112(74(58-113)59-118)56-73-57-114(111-108-73)36-38-131-40-42-133-44-43-132-41-39-130-37-30-85(120)101-31-15-17-33-116-93-86(92(99)104-60-105-93)87(109-116)71-26-29-81-76(50-71)107-96(100)135-81/h11-13,18-22,26,29,46,49-50,53-55,57,60-61,63-65,67-68,74-75,77-78,82-84,89-90,118,122,126H,14-17,23-25,27-28,30-45,47-48,51-52,56,58-59H2,1-10H3,(H2,100,107)(H,101,120)(H2,99,104,105)/b13-11+,19-12+,62-20+,66-46+/t61-,63-,64-,65-,67-,68+,74?,75+,77+,78+,82+,83+,84-,89-,90+,98-/m1/s1. The van der Waals surface area contributed by atoms with Gasteiger partial charge < -0.3 is 89.0 Å².